The van der Waals surface area contributed by atoms with Gasteiger partial charge in [-0.2, -0.15) is 9.97 Å². The second kappa shape index (κ2) is 13.3. The number of halogens is 2. The minimum atomic E-state index is -2.77. The van der Waals surface area contributed by atoms with Crippen LogP contribution in [-0.2, 0) is 9.53 Å². The maximum atomic E-state index is 14.1. The molecule has 3 fully saturated rings. The number of nitrogens with one attached hydrogen (secondary N) is 1. The minimum Gasteiger partial charge on any atom is -0.378 e. The number of nitrogens with zero attached hydrogens (tertiary/aromatic N) is 7. The van der Waals surface area contributed by atoms with E-state index in [9.17, 15) is 13.6 Å². The average molecular weight is 583 g/mol. The first-order chi connectivity index (χ1) is 20.5. The molecule has 1 amide bonds. The molecule has 6 rings (SSSR count). The molecule has 42 heavy (non-hydrogen) atoms. The number of imidazole rings is 1. The molecule has 3 aromatic rings. The highest BCUT2D eigenvalue weighted by Gasteiger charge is 2.27. The van der Waals surface area contributed by atoms with Crippen LogP contribution in [0.4, 0.5) is 20.5 Å². The Morgan fingerprint density at radius 2 is 1.83 bits per heavy atom. The van der Waals surface area contributed by atoms with Gasteiger partial charge in [0.05, 0.1) is 24.2 Å². The highest BCUT2D eigenvalue weighted by Crippen LogP contribution is 2.29. The Balaban J connectivity index is 1.14. The molecule has 3 saturated heterocycles. The number of hydrogen-bond donors (Lipinski definition) is 1. The first-order valence-corrected chi connectivity index (χ1v) is 15.3. The van der Waals surface area contributed by atoms with Gasteiger partial charge in [-0.1, -0.05) is 18.6 Å². The Morgan fingerprint density at radius 1 is 1.02 bits per heavy atom. The van der Waals surface area contributed by atoms with Crippen molar-refractivity contribution in [1.29, 1.82) is 0 Å². The Hall–Kier alpha value is -3.38. The summed E-state index contributed by atoms with van der Waals surface area (Å²) < 4.78 is 35.2. The van der Waals surface area contributed by atoms with E-state index in [0.29, 0.717) is 74.4 Å². The lowest BCUT2D eigenvalue weighted by atomic mass is 10.1. The van der Waals surface area contributed by atoms with E-state index in [1.165, 1.54) is 23.8 Å². The maximum Gasteiger partial charge on any atom is 0.296 e. The van der Waals surface area contributed by atoms with E-state index >= 15 is 0 Å². The fourth-order valence-corrected chi connectivity index (χ4v) is 6.23. The molecule has 12 heteroatoms. The van der Waals surface area contributed by atoms with Gasteiger partial charge in [-0.05, 0) is 63.4 Å². The molecule has 0 saturated carbocycles. The third kappa shape index (κ3) is 6.64. The molecule has 2 aromatic heterocycles. The number of hydrogen-bond acceptors (Lipinski definition) is 8. The Morgan fingerprint density at radius 3 is 2.64 bits per heavy atom. The van der Waals surface area contributed by atoms with Crippen molar-refractivity contribution in [2.45, 2.75) is 45.0 Å². The Bertz CT molecular complexity index is 1360. The molecule has 226 valence electrons. The number of aromatic nitrogens is 4. The van der Waals surface area contributed by atoms with Crippen LogP contribution in [0.1, 0.15) is 50.8 Å². The SMILES string of the molecule is O=C(CCCN1CCCCC1)N1CC[C@H](CNc2cc(-n3c(C(F)F)nc4ccccc43)nc(N3CCOCC3)n2)C1. The molecule has 5 heterocycles. The number of amides is 1. The normalized spacial score (nSPS) is 20.1. The molecule has 10 nitrogen and oxygen atoms in total. The predicted octanol–water partition coefficient (Wildman–Crippen LogP) is 4.12. The standard InChI is InChI=1S/C30H40F2N8O2/c31-28(32)29-34-23-7-2-3-8-24(23)40(29)26-19-25(35-30(36-26)38-15-17-42-18-16-38)33-20-22-10-14-39(21-22)27(41)9-6-13-37-11-4-1-5-12-37/h2-3,7-8,19,22,28H,1,4-6,9-18,20-21H2,(H,33,35,36)/t22-/m1/s1. The summed E-state index contributed by atoms with van der Waals surface area (Å²) >= 11 is 0. The molecule has 3 aliphatic rings. The number of carbonyl (C=O) groups is 1. The van der Waals surface area contributed by atoms with Gasteiger partial charge < -0.3 is 24.8 Å². The largest absolute Gasteiger partial charge is 0.378 e. The van der Waals surface area contributed by atoms with Crippen molar-refractivity contribution in [3.8, 4) is 5.82 Å². The van der Waals surface area contributed by atoms with Crippen molar-refractivity contribution in [2.24, 2.45) is 5.92 Å². The van der Waals surface area contributed by atoms with E-state index in [1.807, 2.05) is 9.80 Å². The molecule has 3 aliphatic heterocycles. The summed E-state index contributed by atoms with van der Waals surface area (Å²) in [6.45, 7) is 7.77. The highest BCUT2D eigenvalue weighted by atomic mass is 19.3. The van der Waals surface area contributed by atoms with Gasteiger partial charge in [-0.25, -0.2) is 13.8 Å². The fourth-order valence-electron chi connectivity index (χ4n) is 6.23. The topological polar surface area (TPSA) is 91.7 Å². The zero-order valence-electron chi connectivity index (χ0n) is 24.1. The zero-order valence-corrected chi connectivity index (χ0v) is 24.1. The van der Waals surface area contributed by atoms with E-state index in [-0.39, 0.29) is 17.6 Å². The maximum absolute atomic E-state index is 14.1. The average Bonchev–Trinajstić information content (AvgIpc) is 3.66. The van der Waals surface area contributed by atoms with Crippen LogP contribution in [-0.4, -0.2) is 101 Å². The molecule has 0 spiro atoms. The first-order valence-electron chi connectivity index (χ1n) is 15.3. The summed E-state index contributed by atoms with van der Waals surface area (Å²) in [6.07, 6.45) is 3.51. The number of benzene rings is 1. The van der Waals surface area contributed by atoms with E-state index in [1.54, 1.807) is 30.3 Å². The van der Waals surface area contributed by atoms with Crippen LogP contribution in [0, 0.1) is 5.92 Å². The number of carbonyl (C=O) groups excluding carboxylic acids is 1. The number of fused-ring (bicyclic) bond motifs is 1. The predicted molar refractivity (Wildman–Crippen MR) is 157 cm³/mol. The summed E-state index contributed by atoms with van der Waals surface area (Å²) in [6, 6.07) is 8.80. The highest BCUT2D eigenvalue weighted by molar-refractivity contribution is 5.78. The molecular formula is C30H40F2N8O2. The van der Waals surface area contributed by atoms with Crippen molar-refractivity contribution in [2.75, 3.05) is 75.8 Å². The van der Waals surface area contributed by atoms with Gasteiger partial charge in [0.2, 0.25) is 11.9 Å². The quantitative estimate of drug-likeness (QED) is 0.382. The van der Waals surface area contributed by atoms with Crippen molar-refractivity contribution in [3.63, 3.8) is 0 Å². The van der Waals surface area contributed by atoms with Crippen molar-refractivity contribution in [3.05, 3.63) is 36.2 Å². The van der Waals surface area contributed by atoms with E-state index < -0.39 is 6.43 Å². The summed E-state index contributed by atoms with van der Waals surface area (Å²) in [7, 11) is 0. The van der Waals surface area contributed by atoms with Crippen LogP contribution in [0.25, 0.3) is 16.9 Å². The number of rotatable bonds is 10. The van der Waals surface area contributed by atoms with Crippen LogP contribution in [0.15, 0.2) is 30.3 Å². The van der Waals surface area contributed by atoms with Crippen LogP contribution >= 0.6 is 0 Å². The number of likely N-dealkylation sites (tertiary alicyclic amines) is 2. The first kappa shape index (κ1) is 28.7. The fraction of sp³-hybridized carbons (Fsp3) is 0.600. The lowest BCUT2D eigenvalue weighted by molar-refractivity contribution is -0.130. The van der Waals surface area contributed by atoms with Crippen LogP contribution in [0.3, 0.4) is 0 Å². The molecule has 1 aromatic carbocycles. The Kier molecular flexibility index (Phi) is 9.09. The monoisotopic (exact) mass is 582 g/mol. The second-order valence-electron chi connectivity index (χ2n) is 11.5. The summed E-state index contributed by atoms with van der Waals surface area (Å²) in [5.41, 5.74) is 1.05. The molecule has 0 aliphatic carbocycles. The van der Waals surface area contributed by atoms with Crippen LogP contribution < -0.4 is 10.2 Å². The third-order valence-electron chi connectivity index (χ3n) is 8.53. The smallest absolute Gasteiger partial charge is 0.296 e. The molecule has 0 bridgehead atoms. The molecule has 1 atom stereocenters. The number of morpholine rings is 1. The van der Waals surface area contributed by atoms with E-state index in [0.717, 1.165) is 39.0 Å². The number of anilines is 2. The lowest BCUT2D eigenvalue weighted by Crippen LogP contribution is -2.37. The summed E-state index contributed by atoms with van der Waals surface area (Å²) in [5, 5.41) is 3.44. The van der Waals surface area contributed by atoms with E-state index in [2.05, 4.69) is 15.2 Å². The van der Waals surface area contributed by atoms with Crippen molar-refractivity contribution in [1.82, 2.24) is 29.3 Å². The van der Waals surface area contributed by atoms with Crippen LogP contribution in [0.5, 0.6) is 0 Å². The summed E-state index contributed by atoms with van der Waals surface area (Å²) in [5.74, 6) is 1.54. The number of piperidine rings is 1. The Labute approximate surface area is 245 Å². The molecule has 0 radical (unpaired) electrons. The van der Waals surface area contributed by atoms with Gasteiger partial charge in [0.15, 0.2) is 5.82 Å². The lowest BCUT2D eigenvalue weighted by Gasteiger charge is -2.27. The van der Waals surface area contributed by atoms with Crippen LogP contribution in [0.2, 0.25) is 0 Å². The van der Waals surface area contributed by atoms with Gasteiger partial charge in [0, 0.05) is 45.2 Å². The molecule has 1 N–H and O–H groups in total. The molecular weight excluding hydrogens is 542 g/mol. The minimum absolute atomic E-state index is 0.236. The number of para-hydroxylation sites is 2. The third-order valence-corrected chi connectivity index (χ3v) is 8.53. The van der Waals surface area contributed by atoms with Gasteiger partial charge in [-0.15, -0.1) is 0 Å². The zero-order chi connectivity index (χ0) is 28.9. The van der Waals surface area contributed by atoms with Gasteiger partial charge in [0.25, 0.3) is 6.43 Å². The number of alkyl halides is 2. The summed E-state index contributed by atoms with van der Waals surface area (Å²) in [4.78, 5) is 33.0. The van der Waals surface area contributed by atoms with Gasteiger partial charge >= 0.3 is 0 Å². The van der Waals surface area contributed by atoms with E-state index in [4.69, 9.17) is 14.7 Å². The molecule has 0 unspecified atom stereocenters. The second-order valence-corrected chi connectivity index (χ2v) is 11.5. The van der Waals surface area contributed by atoms with Crippen molar-refractivity contribution >= 4 is 28.7 Å². The van der Waals surface area contributed by atoms with Crippen molar-refractivity contribution < 1.29 is 18.3 Å². The van der Waals surface area contributed by atoms with Gasteiger partial charge in [0.1, 0.15) is 11.6 Å². The van der Waals surface area contributed by atoms with Gasteiger partial charge in [-0.3, -0.25) is 9.36 Å². The number of ether oxygens (including phenoxy) is 1.